The lowest BCUT2D eigenvalue weighted by molar-refractivity contribution is 0.0946. The number of nitrogens with zero attached hydrogens (tertiary/aromatic N) is 1. The summed E-state index contributed by atoms with van der Waals surface area (Å²) in [6.45, 7) is 4.85. The smallest absolute Gasteiger partial charge is 0.122 e. The van der Waals surface area contributed by atoms with Crippen molar-refractivity contribution in [2.45, 2.75) is 45.8 Å². The van der Waals surface area contributed by atoms with Crippen molar-refractivity contribution in [1.82, 2.24) is 4.98 Å². The fourth-order valence-corrected chi connectivity index (χ4v) is 2.73. The van der Waals surface area contributed by atoms with E-state index in [1.165, 1.54) is 4.88 Å². The van der Waals surface area contributed by atoms with E-state index in [0.717, 1.165) is 30.0 Å². The molecule has 3 nitrogen and oxygen atoms in total. The Bertz CT molecular complexity index is 277. The number of rotatable bonds is 6. The zero-order valence-corrected chi connectivity index (χ0v) is 10.6. The van der Waals surface area contributed by atoms with Crippen LogP contribution in [0.3, 0.4) is 0 Å². The number of thiazole rings is 1. The molecule has 15 heavy (non-hydrogen) atoms. The van der Waals surface area contributed by atoms with Gasteiger partial charge in [0.25, 0.3) is 0 Å². The highest BCUT2D eigenvalue weighted by molar-refractivity contribution is 7.11. The first kappa shape index (κ1) is 12.6. The molecular formula is C11H20N2OS. The topological polar surface area (TPSA) is 48.1 Å². The zero-order valence-electron chi connectivity index (χ0n) is 9.75. The number of aryl methyl sites for hydroxylation is 1. The van der Waals surface area contributed by atoms with Crippen molar-refractivity contribution in [1.29, 1.82) is 0 Å². The third-order valence-electron chi connectivity index (χ3n) is 2.43. The van der Waals surface area contributed by atoms with Gasteiger partial charge in [-0.25, -0.2) is 4.98 Å². The van der Waals surface area contributed by atoms with Crippen molar-refractivity contribution < 1.29 is 4.74 Å². The highest BCUT2D eigenvalue weighted by atomic mass is 32.1. The molecule has 1 aromatic rings. The lowest BCUT2D eigenvalue weighted by atomic mass is 10.2. The van der Waals surface area contributed by atoms with Gasteiger partial charge in [0.2, 0.25) is 0 Å². The van der Waals surface area contributed by atoms with Crippen LogP contribution < -0.4 is 5.73 Å². The second-order valence-corrected chi connectivity index (χ2v) is 4.61. The van der Waals surface area contributed by atoms with Crippen LogP contribution in [0.4, 0.5) is 0 Å². The number of hydrogen-bond acceptors (Lipinski definition) is 4. The quantitative estimate of drug-likeness (QED) is 0.814. The van der Waals surface area contributed by atoms with E-state index in [0.29, 0.717) is 6.54 Å². The molecule has 1 atom stereocenters. The normalized spacial score (nSPS) is 13.1. The van der Waals surface area contributed by atoms with Crippen LogP contribution in [0.5, 0.6) is 0 Å². The van der Waals surface area contributed by atoms with Crippen LogP contribution >= 0.6 is 11.3 Å². The van der Waals surface area contributed by atoms with Gasteiger partial charge in [0.05, 0.1) is 5.69 Å². The van der Waals surface area contributed by atoms with Gasteiger partial charge in [-0.1, -0.05) is 20.3 Å². The SMILES string of the molecule is CCCC(OC)c1nc(CC)c(CN)s1. The van der Waals surface area contributed by atoms with Crippen LogP contribution in [0.2, 0.25) is 0 Å². The fraction of sp³-hybridized carbons (Fsp3) is 0.727. The van der Waals surface area contributed by atoms with Gasteiger partial charge >= 0.3 is 0 Å². The second kappa shape index (κ2) is 6.20. The van der Waals surface area contributed by atoms with Gasteiger partial charge in [-0.05, 0) is 12.8 Å². The number of methoxy groups -OCH3 is 1. The predicted octanol–water partition coefficient (Wildman–Crippen LogP) is 2.65. The third-order valence-corrected chi connectivity index (χ3v) is 3.64. The summed E-state index contributed by atoms with van der Waals surface area (Å²) in [6.07, 6.45) is 3.23. The van der Waals surface area contributed by atoms with Crippen molar-refractivity contribution in [3.63, 3.8) is 0 Å². The Morgan fingerprint density at radius 3 is 2.60 bits per heavy atom. The molecule has 0 aliphatic rings. The van der Waals surface area contributed by atoms with E-state index in [1.54, 1.807) is 18.4 Å². The molecule has 0 amide bonds. The second-order valence-electron chi connectivity index (χ2n) is 3.49. The standard InChI is InChI=1S/C11H20N2OS/c1-4-6-9(14-3)11-13-8(5-2)10(7-12)15-11/h9H,4-7,12H2,1-3H3. The van der Waals surface area contributed by atoms with E-state index < -0.39 is 0 Å². The number of aromatic nitrogens is 1. The van der Waals surface area contributed by atoms with Crippen molar-refractivity contribution >= 4 is 11.3 Å². The molecule has 0 radical (unpaired) electrons. The van der Waals surface area contributed by atoms with Gasteiger partial charge in [0, 0.05) is 18.5 Å². The molecule has 1 unspecified atom stereocenters. The first-order valence-electron chi connectivity index (χ1n) is 5.48. The Hall–Kier alpha value is -0.450. The van der Waals surface area contributed by atoms with E-state index in [2.05, 4.69) is 18.8 Å². The van der Waals surface area contributed by atoms with Crippen LogP contribution in [0.25, 0.3) is 0 Å². The number of ether oxygens (including phenoxy) is 1. The largest absolute Gasteiger partial charge is 0.374 e. The van der Waals surface area contributed by atoms with Gasteiger partial charge in [0.1, 0.15) is 11.1 Å². The summed E-state index contributed by atoms with van der Waals surface area (Å²) in [5, 5.41) is 1.08. The van der Waals surface area contributed by atoms with Gasteiger partial charge in [-0.3, -0.25) is 0 Å². The van der Waals surface area contributed by atoms with Crippen LogP contribution in [-0.2, 0) is 17.7 Å². The first-order chi connectivity index (χ1) is 7.26. The maximum Gasteiger partial charge on any atom is 0.122 e. The van der Waals surface area contributed by atoms with Gasteiger partial charge in [-0.2, -0.15) is 0 Å². The molecule has 0 bridgehead atoms. The lowest BCUT2D eigenvalue weighted by Gasteiger charge is -2.10. The molecule has 0 spiro atoms. The van der Waals surface area contributed by atoms with Gasteiger partial charge < -0.3 is 10.5 Å². The molecule has 0 saturated heterocycles. The lowest BCUT2D eigenvalue weighted by Crippen LogP contribution is -2.00. The average molecular weight is 228 g/mol. The van der Waals surface area contributed by atoms with E-state index in [-0.39, 0.29) is 6.10 Å². The minimum atomic E-state index is 0.144. The van der Waals surface area contributed by atoms with Gasteiger partial charge in [-0.15, -0.1) is 11.3 Å². The number of hydrogen-bond donors (Lipinski definition) is 1. The summed E-state index contributed by atoms with van der Waals surface area (Å²) < 4.78 is 5.44. The van der Waals surface area contributed by atoms with Crippen LogP contribution in [0, 0.1) is 0 Å². The summed E-state index contributed by atoms with van der Waals surface area (Å²) >= 11 is 1.70. The summed E-state index contributed by atoms with van der Waals surface area (Å²) in [5.41, 5.74) is 6.82. The Morgan fingerprint density at radius 1 is 1.47 bits per heavy atom. The molecule has 86 valence electrons. The molecule has 0 aliphatic heterocycles. The minimum absolute atomic E-state index is 0.144. The van der Waals surface area contributed by atoms with Crippen molar-refractivity contribution in [3.05, 3.63) is 15.6 Å². The molecular weight excluding hydrogens is 208 g/mol. The fourth-order valence-electron chi connectivity index (χ4n) is 1.58. The van der Waals surface area contributed by atoms with E-state index in [9.17, 15) is 0 Å². The Labute approximate surface area is 95.7 Å². The molecule has 0 aliphatic carbocycles. The van der Waals surface area contributed by atoms with Gasteiger partial charge in [0.15, 0.2) is 0 Å². The summed E-state index contributed by atoms with van der Waals surface area (Å²) in [4.78, 5) is 5.80. The van der Waals surface area contributed by atoms with Crippen molar-refractivity contribution in [2.24, 2.45) is 5.73 Å². The summed E-state index contributed by atoms with van der Waals surface area (Å²) in [7, 11) is 1.75. The predicted molar refractivity (Wildman–Crippen MR) is 64.0 cm³/mol. The molecule has 1 rings (SSSR count). The molecule has 0 fully saturated rings. The average Bonchev–Trinajstić information content (AvgIpc) is 2.68. The van der Waals surface area contributed by atoms with Crippen LogP contribution in [0.15, 0.2) is 0 Å². The van der Waals surface area contributed by atoms with E-state index in [1.807, 2.05) is 0 Å². The molecule has 2 N–H and O–H groups in total. The maximum absolute atomic E-state index is 5.68. The number of nitrogens with two attached hydrogens (primary N) is 1. The Morgan fingerprint density at radius 2 is 2.20 bits per heavy atom. The molecule has 1 heterocycles. The monoisotopic (exact) mass is 228 g/mol. The molecule has 1 aromatic heterocycles. The van der Waals surface area contributed by atoms with Crippen molar-refractivity contribution in [3.8, 4) is 0 Å². The van der Waals surface area contributed by atoms with Crippen molar-refractivity contribution in [2.75, 3.05) is 7.11 Å². The third kappa shape index (κ3) is 3.00. The van der Waals surface area contributed by atoms with E-state index in [4.69, 9.17) is 10.5 Å². The zero-order chi connectivity index (χ0) is 11.3. The molecule has 0 aromatic carbocycles. The Balaban J connectivity index is 2.87. The maximum atomic E-state index is 5.68. The minimum Gasteiger partial charge on any atom is -0.374 e. The highest BCUT2D eigenvalue weighted by Crippen LogP contribution is 2.28. The van der Waals surface area contributed by atoms with E-state index >= 15 is 0 Å². The summed E-state index contributed by atoms with van der Waals surface area (Å²) in [5.74, 6) is 0. The molecule has 0 saturated carbocycles. The highest BCUT2D eigenvalue weighted by Gasteiger charge is 2.16. The summed E-state index contributed by atoms with van der Waals surface area (Å²) in [6, 6.07) is 0. The van der Waals surface area contributed by atoms with Crippen LogP contribution in [-0.4, -0.2) is 12.1 Å². The molecule has 4 heteroatoms. The first-order valence-corrected chi connectivity index (χ1v) is 6.29. The van der Waals surface area contributed by atoms with Crippen LogP contribution in [0.1, 0.15) is 48.4 Å². The Kier molecular flexibility index (Phi) is 5.22.